The molecule has 0 saturated heterocycles. The van der Waals surface area contributed by atoms with Crippen LogP contribution in [0.3, 0.4) is 0 Å². The molecule has 0 fully saturated rings. The second-order valence-electron chi connectivity index (χ2n) is 6.61. The van der Waals surface area contributed by atoms with E-state index in [1.807, 2.05) is 24.3 Å². The molecule has 0 saturated carbocycles. The fourth-order valence-corrected chi connectivity index (χ4v) is 3.21. The summed E-state index contributed by atoms with van der Waals surface area (Å²) in [6.45, 7) is 0. The van der Waals surface area contributed by atoms with E-state index in [9.17, 15) is 9.18 Å². The molecule has 1 aliphatic rings. The molecule has 140 valence electrons. The normalized spacial score (nSPS) is 14.8. The molecule has 0 aliphatic carbocycles. The summed E-state index contributed by atoms with van der Waals surface area (Å²) in [6.07, 6.45) is 1.69. The molecule has 0 aromatic heterocycles. The topological polar surface area (TPSA) is 56.5 Å². The van der Waals surface area contributed by atoms with Gasteiger partial charge in [0, 0.05) is 18.2 Å². The van der Waals surface area contributed by atoms with E-state index in [2.05, 4.69) is 11.1 Å². The Balaban J connectivity index is 1.90. The maximum atomic E-state index is 13.4. The number of rotatable bonds is 2. The van der Waals surface area contributed by atoms with E-state index in [1.165, 1.54) is 12.1 Å². The van der Waals surface area contributed by atoms with Crippen LogP contribution in [0.2, 0.25) is 0 Å². The highest BCUT2D eigenvalue weighted by Crippen LogP contribution is 2.29. The van der Waals surface area contributed by atoms with Crippen molar-refractivity contribution in [1.29, 1.82) is 5.26 Å². The number of para-hydroxylation sites is 1. The fraction of sp³-hybridized carbons (Fsp3) is 0.0417. The number of carbonyl (C=O) groups is 1. The van der Waals surface area contributed by atoms with Crippen molar-refractivity contribution in [3.8, 4) is 6.07 Å². The van der Waals surface area contributed by atoms with E-state index < -0.39 is 0 Å². The number of hydrogen-bond acceptors (Lipinski definition) is 3. The minimum atomic E-state index is -0.335. The first-order chi connectivity index (χ1) is 14.1. The number of hydrogen-bond donors (Lipinski definition) is 0. The number of benzene rings is 3. The zero-order valence-electron chi connectivity index (χ0n) is 15.6. The van der Waals surface area contributed by atoms with Gasteiger partial charge in [0.2, 0.25) is 0 Å². The summed E-state index contributed by atoms with van der Waals surface area (Å²) in [5.41, 5.74) is 4.38. The number of carbonyl (C=O) groups excluding carboxylic acids is 1. The van der Waals surface area contributed by atoms with Crippen LogP contribution in [0.25, 0.3) is 6.08 Å². The molecule has 1 amide bonds. The lowest BCUT2D eigenvalue weighted by Crippen LogP contribution is -2.26. The lowest BCUT2D eigenvalue weighted by atomic mass is 10.0. The number of likely N-dealkylation sites (N-methyl/N-ethyl adjacent to an activating group) is 1. The van der Waals surface area contributed by atoms with Crippen molar-refractivity contribution < 1.29 is 9.18 Å². The zero-order chi connectivity index (χ0) is 20.4. The van der Waals surface area contributed by atoms with Gasteiger partial charge >= 0.3 is 0 Å². The maximum Gasteiger partial charge on any atom is 0.276 e. The molecule has 0 unspecified atom stereocenters. The van der Waals surface area contributed by atoms with E-state index in [1.54, 1.807) is 54.4 Å². The lowest BCUT2D eigenvalue weighted by Gasteiger charge is -2.17. The predicted molar refractivity (Wildman–Crippen MR) is 111 cm³/mol. The lowest BCUT2D eigenvalue weighted by molar-refractivity contribution is -0.114. The van der Waals surface area contributed by atoms with Crippen LogP contribution in [-0.2, 0) is 4.79 Å². The van der Waals surface area contributed by atoms with Crippen LogP contribution in [0.15, 0.2) is 83.5 Å². The SMILES string of the molecule is CN1C(=O)/C(=C/c2ccc(C#N)cc2)N=C(c2ccc(F)cc2)c2ccccc21. The Morgan fingerprint density at radius 1 is 1.00 bits per heavy atom. The molecule has 1 aliphatic heterocycles. The molecule has 0 bridgehead atoms. The largest absolute Gasteiger partial charge is 0.309 e. The fourth-order valence-electron chi connectivity index (χ4n) is 3.21. The first-order valence-corrected chi connectivity index (χ1v) is 9.01. The van der Waals surface area contributed by atoms with Crippen LogP contribution in [0.5, 0.6) is 0 Å². The van der Waals surface area contributed by atoms with Gasteiger partial charge in [-0.15, -0.1) is 0 Å². The summed E-state index contributed by atoms with van der Waals surface area (Å²) >= 11 is 0. The van der Waals surface area contributed by atoms with Crippen molar-refractivity contribution in [2.24, 2.45) is 4.99 Å². The van der Waals surface area contributed by atoms with Crippen LogP contribution in [-0.4, -0.2) is 18.7 Å². The van der Waals surface area contributed by atoms with Crippen molar-refractivity contribution in [2.75, 3.05) is 11.9 Å². The summed E-state index contributed by atoms with van der Waals surface area (Å²) in [5.74, 6) is -0.586. The standard InChI is InChI=1S/C24H16FN3O/c1-28-22-5-3-2-4-20(22)23(18-10-12-19(25)13-11-18)27-21(24(28)29)14-16-6-8-17(15-26)9-7-16/h2-14H,1H3/b21-14-. The Morgan fingerprint density at radius 3 is 2.38 bits per heavy atom. The average Bonchev–Trinajstić information content (AvgIpc) is 2.86. The highest BCUT2D eigenvalue weighted by atomic mass is 19.1. The van der Waals surface area contributed by atoms with Gasteiger partial charge in [0.25, 0.3) is 5.91 Å². The molecule has 4 nitrogen and oxygen atoms in total. The van der Waals surface area contributed by atoms with Crippen LogP contribution in [0, 0.1) is 17.1 Å². The first-order valence-electron chi connectivity index (χ1n) is 9.01. The van der Waals surface area contributed by atoms with E-state index in [-0.39, 0.29) is 17.4 Å². The number of aliphatic imine (C=N–C) groups is 1. The van der Waals surface area contributed by atoms with E-state index in [0.717, 1.165) is 16.8 Å². The number of nitrogens with zero attached hydrogens (tertiary/aromatic N) is 3. The van der Waals surface area contributed by atoms with Gasteiger partial charge in [0.15, 0.2) is 0 Å². The Bertz CT molecular complexity index is 1190. The van der Waals surface area contributed by atoms with Crippen molar-refractivity contribution in [3.63, 3.8) is 0 Å². The number of benzodiazepines with no additional fused rings is 1. The Kier molecular flexibility index (Phi) is 4.76. The highest BCUT2D eigenvalue weighted by molar-refractivity contribution is 6.23. The summed E-state index contributed by atoms with van der Waals surface area (Å²) < 4.78 is 13.4. The number of fused-ring (bicyclic) bond motifs is 1. The molecule has 3 aromatic carbocycles. The van der Waals surface area contributed by atoms with Crippen molar-refractivity contribution in [3.05, 3.63) is 107 Å². The summed E-state index contributed by atoms with van der Waals surface area (Å²) in [5, 5.41) is 8.97. The second kappa shape index (κ2) is 7.53. The van der Waals surface area contributed by atoms with Gasteiger partial charge < -0.3 is 4.90 Å². The van der Waals surface area contributed by atoms with Crippen LogP contribution in [0.1, 0.15) is 22.3 Å². The minimum absolute atomic E-state index is 0.251. The van der Waals surface area contributed by atoms with Crippen LogP contribution in [0.4, 0.5) is 10.1 Å². The number of amides is 1. The number of halogens is 1. The third-order valence-corrected chi connectivity index (χ3v) is 4.74. The molecule has 3 aromatic rings. The monoisotopic (exact) mass is 381 g/mol. The van der Waals surface area contributed by atoms with Crippen molar-refractivity contribution >= 4 is 23.4 Å². The van der Waals surface area contributed by atoms with Crippen LogP contribution >= 0.6 is 0 Å². The van der Waals surface area contributed by atoms with Crippen LogP contribution < -0.4 is 4.90 Å². The molecular formula is C24H16FN3O. The Hall–Kier alpha value is -4.04. The molecule has 4 rings (SSSR count). The maximum absolute atomic E-state index is 13.4. The molecule has 0 radical (unpaired) electrons. The van der Waals surface area contributed by atoms with Gasteiger partial charge in [0.1, 0.15) is 11.5 Å². The zero-order valence-corrected chi connectivity index (χ0v) is 15.6. The van der Waals surface area contributed by atoms with Gasteiger partial charge in [-0.3, -0.25) is 4.79 Å². The highest BCUT2D eigenvalue weighted by Gasteiger charge is 2.25. The van der Waals surface area contributed by atoms with Crippen molar-refractivity contribution in [1.82, 2.24) is 0 Å². The van der Waals surface area contributed by atoms with Gasteiger partial charge in [-0.25, -0.2) is 9.38 Å². The van der Waals surface area contributed by atoms with Gasteiger partial charge in [0.05, 0.1) is 23.0 Å². The second-order valence-corrected chi connectivity index (χ2v) is 6.61. The molecule has 0 atom stereocenters. The third-order valence-electron chi connectivity index (χ3n) is 4.74. The molecular weight excluding hydrogens is 365 g/mol. The summed E-state index contributed by atoms with van der Waals surface area (Å²) in [6, 6.07) is 22.5. The van der Waals surface area contributed by atoms with Crippen molar-refractivity contribution in [2.45, 2.75) is 0 Å². The molecule has 1 heterocycles. The molecule has 29 heavy (non-hydrogen) atoms. The predicted octanol–water partition coefficient (Wildman–Crippen LogP) is 4.55. The minimum Gasteiger partial charge on any atom is -0.309 e. The van der Waals surface area contributed by atoms with E-state index >= 15 is 0 Å². The molecule has 5 heteroatoms. The van der Waals surface area contributed by atoms with E-state index in [0.29, 0.717) is 16.8 Å². The molecule has 0 N–H and O–H groups in total. The van der Waals surface area contributed by atoms with E-state index in [4.69, 9.17) is 5.26 Å². The van der Waals surface area contributed by atoms with Gasteiger partial charge in [-0.05, 0) is 54.1 Å². The Labute approximate surface area is 167 Å². The smallest absolute Gasteiger partial charge is 0.276 e. The average molecular weight is 381 g/mol. The number of nitriles is 1. The quantitative estimate of drug-likeness (QED) is 0.612. The first kappa shape index (κ1) is 18.3. The Morgan fingerprint density at radius 2 is 1.69 bits per heavy atom. The third kappa shape index (κ3) is 3.56. The number of anilines is 1. The molecule has 0 spiro atoms. The van der Waals surface area contributed by atoms with Gasteiger partial charge in [-0.2, -0.15) is 5.26 Å². The van der Waals surface area contributed by atoms with Gasteiger partial charge in [-0.1, -0.05) is 30.3 Å². The summed E-state index contributed by atoms with van der Waals surface area (Å²) in [4.78, 5) is 19.4. The summed E-state index contributed by atoms with van der Waals surface area (Å²) in [7, 11) is 1.71.